The largest absolute Gasteiger partial charge is 0.204 e. The summed E-state index contributed by atoms with van der Waals surface area (Å²) in [5.41, 5.74) is -1.59. The number of hydrogen-bond donors (Lipinski definition) is 0. The third-order valence-electron chi connectivity index (χ3n) is 2.12. The fourth-order valence-corrected chi connectivity index (χ4v) is 1.51. The van der Waals surface area contributed by atoms with Crippen LogP contribution in [0.25, 0.3) is 0 Å². The fourth-order valence-electron chi connectivity index (χ4n) is 1.23. The molecule has 0 N–H and O–H groups in total. The van der Waals surface area contributed by atoms with Gasteiger partial charge in [0.25, 0.3) is 0 Å². The minimum atomic E-state index is -1.38. The van der Waals surface area contributed by atoms with E-state index < -0.39 is 34.2 Å². The molecule has 0 aromatic heterocycles. The molecule has 0 spiro atoms. The highest BCUT2D eigenvalue weighted by Gasteiger charge is 2.31. The minimum absolute atomic E-state index is 0.191. The number of halogens is 5. The Bertz CT molecular complexity index is 361. The monoisotopic (exact) mass is 284 g/mol. The molecule has 0 aliphatic rings. The second-order valence-electron chi connectivity index (χ2n) is 3.86. The zero-order valence-electron chi connectivity index (χ0n) is 8.17. The van der Waals surface area contributed by atoms with Gasteiger partial charge in [-0.15, -0.1) is 0 Å². The van der Waals surface area contributed by atoms with Crippen LogP contribution in [0.4, 0.5) is 17.6 Å². The van der Waals surface area contributed by atoms with E-state index in [-0.39, 0.29) is 11.4 Å². The van der Waals surface area contributed by atoms with Gasteiger partial charge >= 0.3 is 0 Å². The summed E-state index contributed by atoms with van der Waals surface area (Å²) in [5, 5.41) is 0.191. The van der Waals surface area contributed by atoms with Crippen LogP contribution >= 0.6 is 15.9 Å². The van der Waals surface area contributed by atoms with Crippen LogP contribution in [0.2, 0.25) is 0 Å². The van der Waals surface area contributed by atoms with Gasteiger partial charge in [-0.1, -0.05) is 29.8 Å². The van der Waals surface area contributed by atoms with E-state index in [4.69, 9.17) is 0 Å². The van der Waals surface area contributed by atoms with Crippen molar-refractivity contribution in [3.05, 3.63) is 34.9 Å². The van der Waals surface area contributed by atoms with E-state index in [0.717, 1.165) is 0 Å². The smallest absolute Gasteiger partial charge is 0.165 e. The Hall–Kier alpha value is -0.580. The standard InChI is InChI=1S/C10H9BrF4/c1-10(2,4-11)7-8(14)5(12)3-6(13)9(7)15/h3H,4H2,1-2H3. The Balaban J connectivity index is 3.53. The minimum Gasteiger partial charge on any atom is -0.204 e. The van der Waals surface area contributed by atoms with Crippen LogP contribution in [0.3, 0.4) is 0 Å². The Labute approximate surface area is 93.4 Å². The molecule has 0 heterocycles. The van der Waals surface area contributed by atoms with Crippen LogP contribution in [-0.4, -0.2) is 5.33 Å². The summed E-state index contributed by atoms with van der Waals surface area (Å²) in [4.78, 5) is 0. The van der Waals surface area contributed by atoms with Crippen LogP contribution < -0.4 is 0 Å². The second-order valence-corrected chi connectivity index (χ2v) is 4.42. The molecule has 5 heteroatoms. The molecule has 0 unspecified atom stereocenters. The van der Waals surface area contributed by atoms with E-state index in [1.807, 2.05) is 0 Å². The van der Waals surface area contributed by atoms with Crippen molar-refractivity contribution in [3.8, 4) is 0 Å². The van der Waals surface area contributed by atoms with E-state index in [0.29, 0.717) is 0 Å². The molecule has 1 aromatic carbocycles. The molecule has 0 saturated carbocycles. The lowest BCUT2D eigenvalue weighted by Gasteiger charge is -2.23. The van der Waals surface area contributed by atoms with Gasteiger partial charge in [0.15, 0.2) is 23.3 Å². The zero-order valence-corrected chi connectivity index (χ0v) is 9.76. The maximum atomic E-state index is 13.3. The first kappa shape index (κ1) is 12.5. The number of benzene rings is 1. The van der Waals surface area contributed by atoms with Gasteiger partial charge in [0.1, 0.15) is 0 Å². The van der Waals surface area contributed by atoms with Crippen molar-refractivity contribution in [1.82, 2.24) is 0 Å². The van der Waals surface area contributed by atoms with E-state index in [1.54, 1.807) is 0 Å². The van der Waals surface area contributed by atoms with Gasteiger partial charge in [-0.05, 0) is 0 Å². The van der Waals surface area contributed by atoms with Crippen LogP contribution in [0.15, 0.2) is 6.07 Å². The number of alkyl halides is 1. The molecule has 1 aromatic rings. The van der Waals surface area contributed by atoms with Crippen LogP contribution in [0.1, 0.15) is 19.4 Å². The van der Waals surface area contributed by atoms with Crippen molar-refractivity contribution in [2.75, 3.05) is 5.33 Å². The summed E-state index contributed by atoms with van der Waals surface area (Å²) < 4.78 is 52.4. The predicted octanol–water partition coefficient (Wildman–Crippen LogP) is 3.92. The topological polar surface area (TPSA) is 0 Å². The molecule has 1 rings (SSSR count). The highest BCUT2D eigenvalue weighted by Crippen LogP contribution is 2.32. The Kier molecular flexibility index (Phi) is 3.43. The molecule has 0 saturated heterocycles. The van der Waals surface area contributed by atoms with Gasteiger partial charge < -0.3 is 0 Å². The van der Waals surface area contributed by atoms with Gasteiger partial charge in [-0.2, -0.15) is 0 Å². The molecule has 84 valence electrons. The summed E-state index contributed by atoms with van der Waals surface area (Å²) in [6, 6.07) is 0.207. The zero-order chi connectivity index (χ0) is 11.8. The lowest BCUT2D eigenvalue weighted by Crippen LogP contribution is -2.24. The molecule has 0 atom stereocenters. The lowest BCUT2D eigenvalue weighted by atomic mass is 9.86. The quantitative estimate of drug-likeness (QED) is 0.439. The SMILES string of the molecule is CC(C)(CBr)c1c(F)c(F)cc(F)c1F. The molecule has 0 bridgehead atoms. The molecular formula is C10H9BrF4. The first-order valence-electron chi connectivity index (χ1n) is 4.20. The Morgan fingerprint density at radius 3 is 1.80 bits per heavy atom. The number of rotatable bonds is 2. The van der Waals surface area contributed by atoms with Crippen molar-refractivity contribution in [2.24, 2.45) is 0 Å². The average Bonchev–Trinajstić information content (AvgIpc) is 2.15. The van der Waals surface area contributed by atoms with E-state index in [2.05, 4.69) is 15.9 Å². The average molecular weight is 285 g/mol. The maximum absolute atomic E-state index is 13.3. The van der Waals surface area contributed by atoms with Gasteiger partial charge in [-0.25, -0.2) is 17.6 Å². The van der Waals surface area contributed by atoms with Gasteiger partial charge in [0.2, 0.25) is 0 Å². The summed E-state index contributed by atoms with van der Waals surface area (Å²) in [6.07, 6.45) is 0. The fraction of sp³-hybridized carbons (Fsp3) is 0.400. The van der Waals surface area contributed by atoms with Gasteiger partial charge in [0, 0.05) is 22.4 Å². The van der Waals surface area contributed by atoms with Crippen LogP contribution in [0.5, 0.6) is 0 Å². The lowest BCUT2D eigenvalue weighted by molar-refractivity contribution is 0.407. The van der Waals surface area contributed by atoms with Crippen molar-refractivity contribution in [1.29, 1.82) is 0 Å². The second kappa shape index (κ2) is 4.12. The summed E-state index contributed by atoms with van der Waals surface area (Å²) >= 11 is 3.05. The molecule has 0 fully saturated rings. The molecule has 0 nitrogen and oxygen atoms in total. The van der Waals surface area contributed by atoms with Crippen molar-refractivity contribution in [2.45, 2.75) is 19.3 Å². The van der Waals surface area contributed by atoms with Crippen LogP contribution in [-0.2, 0) is 5.41 Å². The molecule has 0 aliphatic heterocycles. The Morgan fingerprint density at radius 1 is 1.07 bits per heavy atom. The van der Waals surface area contributed by atoms with Crippen molar-refractivity contribution >= 4 is 15.9 Å². The van der Waals surface area contributed by atoms with E-state index >= 15 is 0 Å². The summed E-state index contributed by atoms with van der Waals surface area (Å²) in [7, 11) is 0. The highest BCUT2D eigenvalue weighted by molar-refractivity contribution is 9.09. The van der Waals surface area contributed by atoms with Crippen molar-refractivity contribution in [3.63, 3.8) is 0 Å². The normalized spacial score (nSPS) is 11.9. The summed E-state index contributed by atoms with van der Waals surface area (Å²) in [5.74, 6) is -5.42. The molecule has 0 amide bonds. The van der Waals surface area contributed by atoms with Crippen LogP contribution in [0, 0.1) is 23.3 Å². The van der Waals surface area contributed by atoms with Gasteiger partial charge in [0.05, 0.1) is 0 Å². The molecule has 0 aliphatic carbocycles. The van der Waals surface area contributed by atoms with E-state index in [1.165, 1.54) is 13.8 Å². The Morgan fingerprint density at radius 2 is 1.47 bits per heavy atom. The summed E-state index contributed by atoms with van der Waals surface area (Å²) in [6.45, 7) is 2.98. The third kappa shape index (κ3) is 2.17. The van der Waals surface area contributed by atoms with E-state index in [9.17, 15) is 17.6 Å². The first-order chi connectivity index (χ1) is 6.81. The molecule has 0 radical (unpaired) electrons. The first-order valence-corrected chi connectivity index (χ1v) is 5.33. The van der Waals surface area contributed by atoms with Crippen molar-refractivity contribution < 1.29 is 17.6 Å². The molecular weight excluding hydrogens is 276 g/mol. The highest BCUT2D eigenvalue weighted by atomic mass is 79.9. The van der Waals surface area contributed by atoms with Gasteiger partial charge in [-0.3, -0.25) is 0 Å². The third-order valence-corrected chi connectivity index (χ3v) is 3.52. The molecule has 15 heavy (non-hydrogen) atoms. The number of hydrogen-bond acceptors (Lipinski definition) is 0. The predicted molar refractivity (Wildman–Crippen MR) is 53.1 cm³/mol. The maximum Gasteiger partial charge on any atom is 0.165 e.